The molecule has 0 aliphatic carbocycles. The molecule has 0 saturated carbocycles. The zero-order valence-corrected chi connectivity index (χ0v) is 11.5. The van der Waals surface area contributed by atoms with Crippen LogP contribution in [0.25, 0.3) is 0 Å². The summed E-state index contributed by atoms with van der Waals surface area (Å²) in [6.07, 6.45) is 3.40. The smallest absolute Gasteiger partial charge is 0.255 e. The Morgan fingerprint density at radius 1 is 1.28 bits per heavy atom. The largest absolute Gasteiger partial charge is 0.496 e. The summed E-state index contributed by atoms with van der Waals surface area (Å²) < 4.78 is 5.16. The third kappa shape index (κ3) is 4.78. The minimum atomic E-state index is -0.0583. The molecule has 0 atom stereocenters. The minimum absolute atomic E-state index is 0.0583. The molecule has 3 nitrogen and oxygen atoms in total. The van der Waals surface area contributed by atoms with Gasteiger partial charge in [0.25, 0.3) is 5.91 Å². The standard InChI is InChI=1S/C15H23NO2/c1-12(2)8-6-7-11-16-15(17)13-9-4-5-10-14(13)18-3/h4-5,9-10,12H,6-8,11H2,1-3H3,(H,16,17). The second-order valence-corrected chi connectivity index (χ2v) is 4.85. The van der Waals surface area contributed by atoms with E-state index in [0.717, 1.165) is 25.3 Å². The van der Waals surface area contributed by atoms with Crippen molar-refractivity contribution in [3.63, 3.8) is 0 Å². The molecule has 0 fully saturated rings. The van der Waals surface area contributed by atoms with Crippen molar-refractivity contribution in [3.8, 4) is 5.75 Å². The fraction of sp³-hybridized carbons (Fsp3) is 0.533. The van der Waals surface area contributed by atoms with Crippen molar-refractivity contribution < 1.29 is 9.53 Å². The average Bonchev–Trinajstić information content (AvgIpc) is 2.37. The summed E-state index contributed by atoms with van der Waals surface area (Å²) in [5, 5.41) is 2.93. The number of para-hydroxylation sites is 1. The molecule has 1 aromatic rings. The van der Waals surface area contributed by atoms with Gasteiger partial charge in [-0.2, -0.15) is 0 Å². The highest BCUT2D eigenvalue weighted by atomic mass is 16.5. The molecule has 1 N–H and O–H groups in total. The monoisotopic (exact) mass is 249 g/mol. The third-order valence-corrected chi connectivity index (χ3v) is 2.85. The van der Waals surface area contributed by atoms with E-state index in [4.69, 9.17) is 4.74 Å². The van der Waals surface area contributed by atoms with Crippen molar-refractivity contribution in [1.82, 2.24) is 5.32 Å². The van der Waals surface area contributed by atoms with Gasteiger partial charge >= 0.3 is 0 Å². The van der Waals surface area contributed by atoms with Crippen LogP contribution in [0.1, 0.15) is 43.5 Å². The number of carbonyl (C=O) groups excluding carboxylic acids is 1. The first kappa shape index (κ1) is 14.6. The van der Waals surface area contributed by atoms with Crippen LogP contribution in [0.5, 0.6) is 5.75 Å². The molecule has 0 aliphatic rings. The van der Waals surface area contributed by atoms with Crippen molar-refractivity contribution in [2.75, 3.05) is 13.7 Å². The Morgan fingerprint density at radius 2 is 2.00 bits per heavy atom. The normalized spacial score (nSPS) is 10.4. The van der Waals surface area contributed by atoms with E-state index in [0.29, 0.717) is 11.3 Å². The zero-order valence-electron chi connectivity index (χ0n) is 11.5. The van der Waals surface area contributed by atoms with E-state index in [1.165, 1.54) is 6.42 Å². The van der Waals surface area contributed by atoms with Crippen LogP contribution < -0.4 is 10.1 Å². The van der Waals surface area contributed by atoms with E-state index >= 15 is 0 Å². The number of methoxy groups -OCH3 is 1. The van der Waals surface area contributed by atoms with Crippen LogP contribution in [0.3, 0.4) is 0 Å². The van der Waals surface area contributed by atoms with E-state index < -0.39 is 0 Å². The van der Waals surface area contributed by atoms with Gasteiger partial charge in [-0.05, 0) is 24.5 Å². The van der Waals surface area contributed by atoms with Crippen LogP contribution in [0, 0.1) is 5.92 Å². The highest BCUT2D eigenvalue weighted by Crippen LogP contribution is 2.16. The van der Waals surface area contributed by atoms with Crippen LogP contribution in [0.15, 0.2) is 24.3 Å². The molecular weight excluding hydrogens is 226 g/mol. The first-order valence-corrected chi connectivity index (χ1v) is 6.56. The molecular formula is C15H23NO2. The Kier molecular flexibility index (Phi) is 6.26. The lowest BCUT2D eigenvalue weighted by atomic mass is 10.1. The van der Waals surface area contributed by atoms with Crippen molar-refractivity contribution in [3.05, 3.63) is 29.8 Å². The van der Waals surface area contributed by atoms with Crippen molar-refractivity contribution in [2.24, 2.45) is 5.92 Å². The number of hydrogen-bond donors (Lipinski definition) is 1. The molecule has 100 valence electrons. The highest BCUT2D eigenvalue weighted by Gasteiger charge is 2.10. The number of unbranched alkanes of at least 4 members (excludes halogenated alkanes) is 1. The molecule has 0 bridgehead atoms. The number of ether oxygens (including phenoxy) is 1. The summed E-state index contributed by atoms with van der Waals surface area (Å²) in [6.45, 7) is 5.16. The van der Waals surface area contributed by atoms with E-state index in [1.807, 2.05) is 12.1 Å². The van der Waals surface area contributed by atoms with Gasteiger partial charge in [0.05, 0.1) is 12.7 Å². The highest BCUT2D eigenvalue weighted by molar-refractivity contribution is 5.96. The molecule has 0 radical (unpaired) electrons. The van der Waals surface area contributed by atoms with E-state index in [2.05, 4.69) is 19.2 Å². The number of carbonyl (C=O) groups is 1. The lowest BCUT2D eigenvalue weighted by Gasteiger charge is -2.09. The number of hydrogen-bond acceptors (Lipinski definition) is 2. The molecule has 1 aromatic carbocycles. The Balaban J connectivity index is 2.36. The van der Waals surface area contributed by atoms with Gasteiger partial charge in [-0.1, -0.05) is 38.8 Å². The molecule has 0 aromatic heterocycles. The maximum Gasteiger partial charge on any atom is 0.255 e. The lowest BCUT2D eigenvalue weighted by Crippen LogP contribution is -2.24. The Hall–Kier alpha value is -1.51. The molecule has 0 unspecified atom stereocenters. The quantitative estimate of drug-likeness (QED) is 0.753. The summed E-state index contributed by atoms with van der Waals surface area (Å²) in [4.78, 5) is 11.9. The first-order chi connectivity index (χ1) is 8.65. The number of amides is 1. The summed E-state index contributed by atoms with van der Waals surface area (Å²) in [5.41, 5.74) is 0.601. The van der Waals surface area contributed by atoms with E-state index in [9.17, 15) is 4.79 Å². The molecule has 1 rings (SSSR count). The lowest BCUT2D eigenvalue weighted by molar-refractivity contribution is 0.0950. The van der Waals surface area contributed by atoms with Gasteiger partial charge < -0.3 is 10.1 Å². The number of rotatable bonds is 7. The predicted octanol–water partition coefficient (Wildman–Crippen LogP) is 3.25. The number of benzene rings is 1. The maximum absolute atomic E-state index is 11.9. The topological polar surface area (TPSA) is 38.3 Å². The van der Waals surface area contributed by atoms with Gasteiger partial charge in [-0.3, -0.25) is 4.79 Å². The van der Waals surface area contributed by atoms with Crippen LogP contribution in [0.4, 0.5) is 0 Å². The van der Waals surface area contributed by atoms with E-state index in [-0.39, 0.29) is 5.91 Å². The first-order valence-electron chi connectivity index (χ1n) is 6.56. The molecule has 18 heavy (non-hydrogen) atoms. The average molecular weight is 249 g/mol. The van der Waals surface area contributed by atoms with Gasteiger partial charge in [0.15, 0.2) is 0 Å². The second-order valence-electron chi connectivity index (χ2n) is 4.85. The molecule has 3 heteroatoms. The van der Waals surface area contributed by atoms with Crippen LogP contribution in [0.2, 0.25) is 0 Å². The summed E-state index contributed by atoms with van der Waals surface area (Å²) in [6, 6.07) is 7.28. The van der Waals surface area contributed by atoms with Crippen molar-refractivity contribution >= 4 is 5.91 Å². The fourth-order valence-corrected chi connectivity index (χ4v) is 1.81. The second kappa shape index (κ2) is 7.75. The SMILES string of the molecule is COc1ccccc1C(=O)NCCCCC(C)C. The van der Waals surface area contributed by atoms with Gasteiger partial charge in [-0.25, -0.2) is 0 Å². The van der Waals surface area contributed by atoms with Crippen LogP contribution in [-0.2, 0) is 0 Å². The van der Waals surface area contributed by atoms with Gasteiger partial charge in [0.1, 0.15) is 5.75 Å². The maximum atomic E-state index is 11.9. The Bertz CT molecular complexity index is 375. The molecule has 0 aliphatic heterocycles. The Morgan fingerprint density at radius 3 is 2.67 bits per heavy atom. The number of nitrogens with one attached hydrogen (secondary N) is 1. The van der Waals surface area contributed by atoms with Gasteiger partial charge in [0, 0.05) is 6.54 Å². The fourth-order valence-electron chi connectivity index (χ4n) is 1.81. The van der Waals surface area contributed by atoms with Gasteiger partial charge in [0.2, 0.25) is 0 Å². The predicted molar refractivity (Wildman–Crippen MR) is 74.0 cm³/mol. The molecule has 0 saturated heterocycles. The van der Waals surface area contributed by atoms with Crippen LogP contribution in [-0.4, -0.2) is 19.6 Å². The minimum Gasteiger partial charge on any atom is -0.496 e. The van der Waals surface area contributed by atoms with Crippen molar-refractivity contribution in [2.45, 2.75) is 33.1 Å². The van der Waals surface area contributed by atoms with Crippen LogP contribution >= 0.6 is 0 Å². The molecule has 0 heterocycles. The zero-order chi connectivity index (χ0) is 13.4. The summed E-state index contributed by atoms with van der Waals surface area (Å²) in [5.74, 6) is 1.30. The molecule has 0 spiro atoms. The molecule has 1 amide bonds. The van der Waals surface area contributed by atoms with Crippen molar-refractivity contribution in [1.29, 1.82) is 0 Å². The summed E-state index contributed by atoms with van der Waals surface area (Å²) in [7, 11) is 1.58. The third-order valence-electron chi connectivity index (χ3n) is 2.85. The summed E-state index contributed by atoms with van der Waals surface area (Å²) >= 11 is 0. The van der Waals surface area contributed by atoms with E-state index in [1.54, 1.807) is 19.2 Å². The Labute approximate surface area is 110 Å². The van der Waals surface area contributed by atoms with Gasteiger partial charge in [-0.15, -0.1) is 0 Å².